The van der Waals surface area contributed by atoms with Gasteiger partial charge in [-0.05, 0) is 26.8 Å². The Morgan fingerprint density at radius 2 is 1.47 bits per heavy atom. The SMILES string of the molecule is CC.CCC.COc1cc(N2CCN(C(=O)OC(C)(C)C)CC2)cc(C(=O)O)c1C(=O)O. The second-order valence-corrected chi connectivity index (χ2v) is 7.84. The van der Waals surface area contributed by atoms with Crippen LogP contribution in [-0.2, 0) is 4.74 Å². The van der Waals surface area contributed by atoms with E-state index in [4.69, 9.17) is 9.47 Å². The minimum atomic E-state index is -1.37. The molecule has 9 nitrogen and oxygen atoms in total. The summed E-state index contributed by atoms with van der Waals surface area (Å²) >= 11 is 0. The Morgan fingerprint density at radius 1 is 0.969 bits per heavy atom. The first-order chi connectivity index (χ1) is 14.9. The summed E-state index contributed by atoms with van der Waals surface area (Å²) in [6.45, 7) is 15.4. The molecular formula is C23H38N2O7. The van der Waals surface area contributed by atoms with Gasteiger partial charge in [-0.3, -0.25) is 0 Å². The lowest BCUT2D eigenvalue weighted by molar-refractivity contribution is 0.0240. The predicted molar refractivity (Wildman–Crippen MR) is 124 cm³/mol. The second-order valence-electron chi connectivity index (χ2n) is 7.84. The molecule has 32 heavy (non-hydrogen) atoms. The molecule has 182 valence electrons. The van der Waals surface area contributed by atoms with Crippen molar-refractivity contribution in [2.75, 3.05) is 38.2 Å². The van der Waals surface area contributed by atoms with Crippen LogP contribution in [0.3, 0.4) is 0 Å². The number of carbonyl (C=O) groups excluding carboxylic acids is 1. The molecule has 1 aliphatic rings. The van der Waals surface area contributed by atoms with Gasteiger partial charge < -0.3 is 29.5 Å². The lowest BCUT2D eigenvalue weighted by Crippen LogP contribution is -2.50. The molecule has 0 unspecified atom stereocenters. The number of methoxy groups -OCH3 is 1. The molecular weight excluding hydrogens is 416 g/mol. The zero-order valence-corrected chi connectivity index (χ0v) is 20.5. The van der Waals surface area contributed by atoms with E-state index in [1.54, 1.807) is 25.7 Å². The molecule has 0 spiro atoms. The number of aromatic carboxylic acids is 2. The van der Waals surface area contributed by atoms with Gasteiger partial charge in [0, 0.05) is 37.9 Å². The molecule has 0 saturated carbocycles. The first-order valence-corrected chi connectivity index (χ1v) is 10.9. The van der Waals surface area contributed by atoms with E-state index in [9.17, 15) is 24.6 Å². The molecule has 1 aliphatic heterocycles. The summed E-state index contributed by atoms with van der Waals surface area (Å²) in [4.78, 5) is 38.5. The first kappa shape index (κ1) is 29.0. The van der Waals surface area contributed by atoms with Crippen LogP contribution in [0.15, 0.2) is 12.1 Å². The summed E-state index contributed by atoms with van der Waals surface area (Å²) < 4.78 is 10.4. The fraction of sp³-hybridized carbons (Fsp3) is 0.609. The number of amides is 1. The molecule has 9 heteroatoms. The Hall–Kier alpha value is -2.97. The third-order valence-electron chi connectivity index (χ3n) is 4.05. The number of hydrogen-bond acceptors (Lipinski definition) is 6. The number of benzene rings is 1. The third-order valence-corrected chi connectivity index (χ3v) is 4.05. The van der Waals surface area contributed by atoms with Crippen molar-refractivity contribution < 1.29 is 34.1 Å². The highest BCUT2D eigenvalue weighted by Gasteiger charge is 2.28. The molecule has 1 amide bonds. The van der Waals surface area contributed by atoms with Crippen LogP contribution in [0, 0.1) is 0 Å². The van der Waals surface area contributed by atoms with Gasteiger partial charge >= 0.3 is 18.0 Å². The number of piperazine rings is 1. The van der Waals surface area contributed by atoms with Gasteiger partial charge in [-0.1, -0.05) is 34.1 Å². The van der Waals surface area contributed by atoms with E-state index < -0.39 is 23.6 Å². The molecule has 1 aromatic carbocycles. The van der Waals surface area contributed by atoms with E-state index in [1.165, 1.54) is 25.7 Å². The molecule has 0 radical (unpaired) electrons. The second kappa shape index (κ2) is 13.4. The molecule has 2 rings (SSSR count). The fourth-order valence-electron chi connectivity index (χ4n) is 2.81. The summed E-state index contributed by atoms with van der Waals surface area (Å²) in [5.41, 5.74) is -0.782. The van der Waals surface area contributed by atoms with Crippen LogP contribution in [0.1, 0.15) is 75.6 Å². The minimum Gasteiger partial charge on any atom is -0.496 e. The maximum absolute atomic E-state index is 12.1. The largest absolute Gasteiger partial charge is 0.496 e. The van der Waals surface area contributed by atoms with Crippen LogP contribution in [0.2, 0.25) is 0 Å². The minimum absolute atomic E-state index is 0.0213. The van der Waals surface area contributed by atoms with Crippen molar-refractivity contribution in [3.8, 4) is 5.75 Å². The van der Waals surface area contributed by atoms with Crippen molar-refractivity contribution in [1.29, 1.82) is 0 Å². The average molecular weight is 455 g/mol. The average Bonchev–Trinajstić information content (AvgIpc) is 2.73. The van der Waals surface area contributed by atoms with Crippen molar-refractivity contribution in [1.82, 2.24) is 4.90 Å². The number of carbonyl (C=O) groups is 3. The topological polar surface area (TPSA) is 117 Å². The molecule has 0 atom stereocenters. The van der Waals surface area contributed by atoms with Crippen LogP contribution in [0.5, 0.6) is 5.75 Å². The summed E-state index contributed by atoms with van der Waals surface area (Å²) in [7, 11) is 1.29. The Kier molecular flexibility index (Phi) is 12.2. The zero-order chi connectivity index (χ0) is 25.1. The van der Waals surface area contributed by atoms with E-state index in [0.29, 0.717) is 31.9 Å². The van der Waals surface area contributed by atoms with Crippen LogP contribution < -0.4 is 9.64 Å². The van der Waals surface area contributed by atoms with Gasteiger partial charge in [-0.25, -0.2) is 14.4 Å². The van der Waals surface area contributed by atoms with Crippen LogP contribution in [-0.4, -0.2) is 72.0 Å². The molecule has 1 heterocycles. The van der Waals surface area contributed by atoms with Crippen LogP contribution in [0.4, 0.5) is 10.5 Å². The Morgan fingerprint density at radius 3 is 1.84 bits per heavy atom. The van der Waals surface area contributed by atoms with E-state index in [-0.39, 0.29) is 16.9 Å². The summed E-state index contributed by atoms with van der Waals surface area (Å²) in [6.07, 6.45) is 0.854. The lowest BCUT2D eigenvalue weighted by atomic mass is 10.0. The number of rotatable bonds is 4. The van der Waals surface area contributed by atoms with Gasteiger partial charge in [0.05, 0.1) is 12.7 Å². The van der Waals surface area contributed by atoms with Crippen molar-refractivity contribution >= 4 is 23.7 Å². The molecule has 0 bridgehead atoms. The van der Waals surface area contributed by atoms with Crippen molar-refractivity contribution in [2.24, 2.45) is 0 Å². The number of nitrogens with zero attached hydrogens (tertiary/aromatic N) is 2. The Balaban J connectivity index is 0.00000177. The Bertz CT molecular complexity index is 764. The number of carboxylic acid groups (broad SMARTS) is 2. The zero-order valence-electron chi connectivity index (χ0n) is 20.5. The van der Waals surface area contributed by atoms with E-state index in [0.717, 1.165) is 0 Å². The van der Waals surface area contributed by atoms with Gasteiger partial charge in [-0.2, -0.15) is 0 Å². The quantitative estimate of drug-likeness (QED) is 0.678. The number of carboxylic acids is 2. The highest BCUT2D eigenvalue weighted by atomic mass is 16.6. The standard InChI is InChI=1S/C18H24N2O7.C3H8.C2H6/c1-18(2,3)27-17(25)20-7-5-19(6-8-20)11-9-12(15(21)22)14(16(23)24)13(10-11)26-4;1-3-2;1-2/h9-10H,5-8H2,1-4H3,(H,21,22)(H,23,24);3H2,1-2H3;1-2H3. The molecule has 1 aromatic rings. The molecule has 1 saturated heterocycles. The molecule has 1 fully saturated rings. The number of ether oxygens (including phenoxy) is 2. The predicted octanol–water partition coefficient (Wildman–Crippen LogP) is 4.59. The smallest absolute Gasteiger partial charge is 0.410 e. The van der Waals surface area contributed by atoms with Crippen molar-refractivity contribution in [3.63, 3.8) is 0 Å². The maximum Gasteiger partial charge on any atom is 0.410 e. The van der Waals surface area contributed by atoms with E-state index >= 15 is 0 Å². The Labute approximate surface area is 190 Å². The van der Waals surface area contributed by atoms with Gasteiger partial charge in [0.25, 0.3) is 0 Å². The van der Waals surface area contributed by atoms with Crippen molar-refractivity contribution in [3.05, 3.63) is 23.3 Å². The van der Waals surface area contributed by atoms with Gasteiger partial charge in [0.15, 0.2) is 0 Å². The summed E-state index contributed by atoms with van der Waals surface area (Å²) in [5, 5.41) is 18.7. The molecule has 2 N–H and O–H groups in total. The summed E-state index contributed by atoms with van der Waals surface area (Å²) in [5.74, 6) is -2.74. The van der Waals surface area contributed by atoms with Gasteiger partial charge in [0.2, 0.25) is 0 Å². The van der Waals surface area contributed by atoms with Crippen LogP contribution >= 0.6 is 0 Å². The number of hydrogen-bond donors (Lipinski definition) is 2. The third kappa shape index (κ3) is 8.64. The normalized spacial score (nSPS) is 13.1. The first-order valence-electron chi connectivity index (χ1n) is 10.9. The number of anilines is 1. The highest BCUT2D eigenvalue weighted by Crippen LogP contribution is 2.30. The van der Waals surface area contributed by atoms with E-state index in [2.05, 4.69) is 13.8 Å². The van der Waals surface area contributed by atoms with Crippen molar-refractivity contribution in [2.45, 2.75) is 60.5 Å². The summed E-state index contributed by atoms with van der Waals surface area (Å²) in [6, 6.07) is 2.82. The monoisotopic (exact) mass is 454 g/mol. The molecule has 0 aromatic heterocycles. The fourth-order valence-corrected chi connectivity index (χ4v) is 2.81. The van der Waals surface area contributed by atoms with Gasteiger partial charge in [-0.15, -0.1) is 0 Å². The lowest BCUT2D eigenvalue weighted by Gasteiger charge is -2.37. The van der Waals surface area contributed by atoms with Gasteiger partial charge in [0.1, 0.15) is 16.9 Å². The highest BCUT2D eigenvalue weighted by molar-refractivity contribution is 6.04. The molecule has 0 aliphatic carbocycles. The van der Waals surface area contributed by atoms with Crippen LogP contribution in [0.25, 0.3) is 0 Å². The van der Waals surface area contributed by atoms with E-state index in [1.807, 2.05) is 18.7 Å². The maximum atomic E-state index is 12.1.